The zero-order valence-corrected chi connectivity index (χ0v) is 16.8. The van der Waals surface area contributed by atoms with Crippen LogP contribution >= 0.6 is 0 Å². The summed E-state index contributed by atoms with van der Waals surface area (Å²) < 4.78 is 16.4. The minimum Gasteiger partial charge on any atom is -0.493 e. The van der Waals surface area contributed by atoms with E-state index in [0.717, 1.165) is 5.56 Å². The van der Waals surface area contributed by atoms with Crippen LogP contribution in [0.25, 0.3) is 11.4 Å². The van der Waals surface area contributed by atoms with Crippen molar-refractivity contribution in [2.24, 2.45) is 0 Å². The van der Waals surface area contributed by atoms with E-state index in [1.54, 1.807) is 12.1 Å². The number of hydrogen-bond acceptors (Lipinski definition) is 6. The molecule has 30 heavy (non-hydrogen) atoms. The minimum atomic E-state index is -0.551. The number of ether oxygens (including phenoxy) is 3. The van der Waals surface area contributed by atoms with E-state index in [4.69, 9.17) is 14.2 Å². The summed E-state index contributed by atoms with van der Waals surface area (Å²) in [6, 6.07) is 12.8. The molecule has 2 heterocycles. The summed E-state index contributed by atoms with van der Waals surface area (Å²) >= 11 is 0. The van der Waals surface area contributed by atoms with Crippen molar-refractivity contribution in [1.29, 1.82) is 0 Å². The average molecular weight is 407 g/mol. The third-order valence-corrected chi connectivity index (χ3v) is 5.11. The second-order valence-electron chi connectivity index (χ2n) is 6.77. The van der Waals surface area contributed by atoms with Crippen molar-refractivity contribution < 1.29 is 19.0 Å². The van der Waals surface area contributed by atoms with E-state index in [9.17, 15) is 9.59 Å². The molecule has 4 rings (SSSR count). The maximum absolute atomic E-state index is 13.1. The van der Waals surface area contributed by atoms with Crippen molar-refractivity contribution in [1.82, 2.24) is 9.97 Å². The first kappa shape index (κ1) is 19.5. The van der Waals surface area contributed by atoms with Gasteiger partial charge in [-0.2, -0.15) is 0 Å². The lowest BCUT2D eigenvalue weighted by Gasteiger charge is -2.26. The molecule has 154 valence electrons. The van der Waals surface area contributed by atoms with Crippen LogP contribution in [0.3, 0.4) is 0 Å². The molecule has 0 saturated carbocycles. The van der Waals surface area contributed by atoms with Crippen LogP contribution in [0.2, 0.25) is 0 Å². The Bertz CT molecular complexity index is 1160. The molecule has 0 spiro atoms. The van der Waals surface area contributed by atoms with E-state index in [1.165, 1.54) is 21.3 Å². The SMILES string of the molecule is COc1ccc([C@@H]2CC(=O)Nc3nc(-c4ccccc4)[nH]c(=O)c32)c(OC)c1OC. The fourth-order valence-corrected chi connectivity index (χ4v) is 3.77. The predicted molar refractivity (Wildman–Crippen MR) is 111 cm³/mol. The lowest BCUT2D eigenvalue weighted by atomic mass is 9.86. The van der Waals surface area contributed by atoms with Crippen LogP contribution in [0.1, 0.15) is 23.5 Å². The predicted octanol–water partition coefficient (Wildman–Crippen LogP) is 2.94. The molecule has 0 radical (unpaired) electrons. The van der Waals surface area contributed by atoms with Gasteiger partial charge in [0.1, 0.15) is 11.6 Å². The smallest absolute Gasteiger partial charge is 0.257 e. The number of nitrogens with zero attached hydrogens (tertiary/aromatic N) is 1. The van der Waals surface area contributed by atoms with E-state index >= 15 is 0 Å². The van der Waals surface area contributed by atoms with E-state index in [-0.39, 0.29) is 23.7 Å². The number of anilines is 1. The number of methoxy groups -OCH3 is 3. The van der Waals surface area contributed by atoms with Crippen LogP contribution in [0.5, 0.6) is 17.2 Å². The van der Waals surface area contributed by atoms with E-state index in [0.29, 0.717) is 34.2 Å². The highest BCUT2D eigenvalue weighted by atomic mass is 16.5. The lowest BCUT2D eigenvalue weighted by Crippen LogP contribution is -2.31. The Morgan fingerprint density at radius 3 is 2.33 bits per heavy atom. The van der Waals surface area contributed by atoms with Gasteiger partial charge in [-0.05, 0) is 6.07 Å². The molecule has 1 aromatic heterocycles. The van der Waals surface area contributed by atoms with Gasteiger partial charge in [-0.3, -0.25) is 9.59 Å². The average Bonchev–Trinajstić information content (AvgIpc) is 2.77. The van der Waals surface area contributed by atoms with Crippen molar-refractivity contribution in [3.05, 3.63) is 63.9 Å². The topological polar surface area (TPSA) is 103 Å². The number of amides is 1. The van der Waals surface area contributed by atoms with Crippen LogP contribution in [-0.2, 0) is 4.79 Å². The van der Waals surface area contributed by atoms with Crippen molar-refractivity contribution in [2.75, 3.05) is 26.6 Å². The zero-order valence-electron chi connectivity index (χ0n) is 16.8. The molecular formula is C22H21N3O5. The van der Waals surface area contributed by atoms with Gasteiger partial charge >= 0.3 is 0 Å². The number of H-pyrrole nitrogens is 1. The molecule has 2 aromatic carbocycles. The Kier molecular flexibility index (Phi) is 5.14. The summed E-state index contributed by atoms with van der Waals surface area (Å²) in [6.45, 7) is 0. The molecule has 0 fully saturated rings. The lowest BCUT2D eigenvalue weighted by molar-refractivity contribution is -0.116. The Labute approximate surface area is 172 Å². The number of benzene rings is 2. The number of carbonyl (C=O) groups excluding carboxylic acids is 1. The van der Waals surface area contributed by atoms with E-state index in [2.05, 4.69) is 15.3 Å². The Hall–Kier alpha value is -3.81. The highest BCUT2D eigenvalue weighted by Crippen LogP contribution is 2.46. The second-order valence-corrected chi connectivity index (χ2v) is 6.77. The van der Waals surface area contributed by atoms with Gasteiger partial charge < -0.3 is 24.5 Å². The summed E-state index contributed by atoms with van der Waals surface area (Å²) in [5, 5.41) is 2.73. The van der Waals surface area contributed by atoms with Crippen LogP contribution < -0.4 is 25.1 Å². The largest absolute Gasteiger partial charge is 0.493 e. The summed E-state index contributed by atoms with van der Waals surface area (Å²) in [7, 11) is 4.54. The number of aromatic amines is 1. The second kappa shape index (κ2) is 7.90. The number of aromatic nitrogens is 2. The monoisotopic (exact) mass is 407 g/mol. The van der Waals surface area contributed by atoms with Gasteiger partial charge in [0.25, 0.3) is 5.56 Å². The van der Waals surface area contributed by atoms with Crippen molar-refractivity contribution in [3.8, 4) is 28.6 Å². The van der Waals surface area contributed by atoms with Gasteiger partial charge in [-0.15, -0.1) is 0 Å². The van der Waals surface area contributed by atoms with E-state index in [1.807, 2.05) is 30.3 Å². The molecule has 8 nitrogen and oxygen atoms in total. The van der Waals surface area contributed by atoms with Crippen LogP contribution in [0.4, 0.5) is 5.82 Å². The molecule has 1 aliphatic rings. The summed E-state index contributed by atoms with van der Waals surface area (Å²) in [4.78, 5) is 32.9. The van der Waals surface area contributed by atoms with E-state index < -0.39 is 5.92 Å². The molecule has 8 heteroatoms. The van der Waals surface area contributed by atoms with Crippen LogP contribution in [-0.4, -0.2) is 37.2 Å². The molecule has 0 saturated heterocycles. The summed E-state index contributed by atoms with van der Waals surface area (Å²) in [5.41, 5.74) is 1.45. The quantitative estimate of drug-likeness (QED) is 0.674. The van der Waals surface area contributed by atoms with Gasteiger partial charge in [0, 0.05) is 23.5 Å². The molecule has 0 aliphatic carbocycles. The standard InChI is InChI=1S/C22H21N3O5/c1-28-15-10-9-13(18(29-2)19(15)30-3)14-11-16(26)23-21-17(14)22(27)25-20(24-21)12-7-5-4-6-8-12/h4-10,14H,11H2,1-3H3,(H2,23,24,25,26,27)/t14-/m0/s1. The molecule has 2 N–H and O–H groups in total. The fourth-order valence-electron chi connectivity index (χ4n) is 3.77. The number of rotatable bonds is 5. The van der Waals surface area contributed by atoms with Crippen LogP contribution in [0, 0.1) is 0 Å². The first-order valence-corrected chi connectivity index (χ1v) is 9.35. The van der Waals surface area contributed by atoms with Crippen molar-refractivity contribution in [3.63, 3.8) is 0 Å². The Morgan fingerprint density at radius 2 is 1.67 bits per heavy atom. The van der Waals surface area contributed by atoms with Gasteiger partial charge in [-0.25, -0.2) is 4.98 Å². The Morgan fingerprint density at radius 1 is 0.933 bits per heavy atom. The third kappa shape index (κ3) is 3.26. The highest BCUT2D eigenvalue weighted by Gasteiger charge is 2.34. The maximum atomic E-state index is 13.1. The molecular weight excluding hydrogens is 386 g/mol. The van der Waals surface area contributed by atoms with Gasteiger partial charge in [0.2, 0.25) is 11.7 Å². The molecule has 0 unspecified atom stereocenters. The summed E-state index contributed by atoms with van der Waals surface area (Å²) in [6.07, 6.45) is 0.0777. The first-order valence-electron chi connectivity index (χ1n) is 9.35. The number of hydrogen-bond donors (Lipinski definition) is 2. The minimum absolute atomic E-state index is 0.0777. The first-order chi connectivity index (χ1) is 14.6. The molecule has 0 bridgehead atoms. The summed E-state index contributed by atoms with van der Waals surface area (Å²) in [5.74, 6) is 1.15. The number of fused-ring (bicyclic) bond motifs is 1. The van der Waals surface area contributed by atoms with Gasteiger partial charge in [-0.1, -0.05) is 36.4 Å². The van der Waals surface area contributed by atoms with Gasteiger partial charge in [0.05, 0.1) is 26.9 Å². The Balaban J connectivity index is 1.90. The number of nitrogens with one attached hydrogen (secondary N) is 2. The zero-order chi connectivity index (χ0) is 21.3. The molecule has 1 amide bonds. The van der Waals surface area contributed by atoms with Crippen molar-refractivity contribution in [2.45, 2.75) is 12.3 Å². The normalized spacial score (nSPS) is 15.2. The fraction of sp³-hybridized carbons (Fsp3) is 0.227. The highest BCUT2D eigenvalue weighted by molar-refractivity contribution is 5.94. The molecule has 3 aromatic rings. The van der Waals surface area contributed by atoms with Gasteiger partial charge in [0.15, 0.2) is 11.5 Å². The molecule has 1 atom stereocenters. The molecule has 1 aliphatic heterocycles. The van der Waals surface area contributed by atoms with Crippen LogP contribution in [0.15, 0.2) is 47.3 Å². The third-order valence-electron chi connectivity index (χ3n) is 5.11. The maximum Gasteiger partial charge on any atom is 0.257 e. The number of carbonyl (C=O) groups is 1. The van der Waals surface area contributed by atoms with Crippen molar-refractivity contribution >= 4 is 11.7 Å².